The maximum Gasteiger partial charge on any atom is 0.306 e. The predicted molar refractivity (Wildman–Crippen MR) is 213 cm³/mol. The van der Waals surface area contributed by atoms with Crippen LogP contribution in [-0.4, -0.2) is 23.3 Å². The Labute approximate surface area is 301 Å². The lowest BCUT2D eigenvalue weighted by molar-refractivity contribution is -0.156. The zero-order valence-corrected chi connectivity index (χ0v) is 32.8. The molecule has 0 fully saturated rings. The number of carbonyl (C=O) groups is 1. The Bertz CT molecular complexity index is 671. The van der Waals surface area contributed by atoms with Crippen molar-refractivity contribution in [3.63, 3.8) is 0 Å². The summed E-state index contributed by atoms with van der Waals surface area (Å²) in [7, 11) is 0. The number of ether oxygens (including phenoxy) is 1. The Balaban J connectivity index is 4.03. The van der Waals surface area contributed by atoms with Crippen LogP contribution in [0.3, 0.4) is 0 Å². The van der Waals surface area contributed by atoms with Gasteiger partial charge in [-0.15, -0.1) is 6.58 Å². The van der Waals surface area contributed by atoms with Crippen molar-refractivity contribution in [3.05, 3.63) is 24.8 Å². The molecule has 0 rings (SSSR count). The minimum atomic E-state index is -0.518. The van der Waals surface area contributed by atoms with Crippen LogP contribution in [0, 0.1) is 0 Å². The quantitative estimate of drug-likeness (QED) is 0.0400. The van der Waals surface area contributed by atoms with Gasteiger partial charge < -0.3 is 9.84 Å². The molecule has 0 spiro atoms. The van der Waals surface area contributed by atoms with E-state index in [1.54, 1.807) is 0 Å². The van der Waals surface area contributed by atoms with Crippen LogP contribution in [0.4, 0.5) is 0 Å². The third-order valence-electron chi connectivity index (χ3n) is 10.1. The molecule has 48 heavy (non-hydrogen) atoms. The largest absolute Gasteiger partial charge is 0.460 e. The summed E-state index contributed by atoms with van der Waals surface area (Å²) in [5, 5.41) is 11.0. The van der Waals surface area contributed by atoms with Gasteiger partial charge in [0.15, 0.2) is 0 Å². The lowest BCUT2D eigenvalue weighted by atomic mass is 9.99. The molecule has 2 atom stereocenters. The molecule has 0 aliphatic heterocycles. The van der Waals surface area contributed by atoms with Crippen LogP contribution in [0.1, 0.15) is 245 Å². The number of hydrogen-bond acceptors (Lipinski definition) is 3. The number of hydrogen-bond donors (Lipinski definition) is 1. The van der Waals surface area contributed by atoms with Crippen molar-refractivity contribution in [1.29, 1.82) is 0 Å². The van der Waals surface area contributed by atoms with Gasteiger partial charge in [0, 0.05) is 6.42 Å². The van der Waals surface area contributed by atoms with E-state index >= 15 is 0 Å². The van der Waals surface area contributed by atoms with Gasteiger partial charge in [-0.25, -0.2) is 0 Å². The highest BCUT2D eigenvalue weighted by atomic mass is 16.6. The van der Waals surface area contributed by atoms with Crippen LogP contribution in [0.15, 0.2) is 24.8 Å². The summed E-state index contributed by atoms with van der Waals surface area (Å²) in [6, 6.07) is 0. The van der Waals surface area contributed by atoms with E-state index in [9.17, 15) is 9.90 Å². The normalized spacial score (nSPS) is 12.9. The number of rotatable bonds is 40. The molecule has 1 N–H and O–H groups in total. The molecule has 3 nitrogen and oxygen atoms in total. The van der Waals surface area contributed by atoms with Crippen molar-refractivity contribution < 1.29 is 14.6 Å². The number of esters is 1. The first-order valence-corrected chi connectivity index (χ1v) is 21.8. The van der Waals surface area contributed by atoms with Crippen molar-refractivity contribution in [2.45, 2.75) is 257 Å². The molecular weight excluding hydrogens is 588 g/mol. The molecule has 2 unspecified atom stereocenters. The molecule has 3 heteroatoms. The van der Waals surface area contributed by atoms with Gasteiger partial charge in [0.25, 0.3) is 0 Å². The van der Waals surface area contributed by atoms with Crippen molar-refractivity contribution in [2.24, 2.45) is 0 Å². The second kappa shape index (κ2) is 40.3. The predicted octanol–water partition coefficient (Wildman–Crippen LogP) is 15.1. The SMILES string of the molecule is C=CCCCCCCCCCCCCCCCC(O)C(CCCCCCCC)OC(=O)CCCCCCC/C=C\CCCCCCCC. The van der Waals surface area contributed by atoms with Crippen LogP contribution in [0.5, 0.6) is 0 Å². The first-order valence-electron chi connectivity index (χ1n) is 21.8. The van der Waals surface area contributed by atoms with Gasteiger partial charge in [-0.1, -0.05) is 193 Å². The van der Waals surface area contributed by atoms with E-state index in [1.807, 2.05) is 6.08 Å². The maximum absolute atomic E-state index is 12.7. The van der Waals surface area contributed by atoms with Crippen LogP contribution in [0.2, 0.25) is 0 Å². The number of aliphatic hydroxyl groups excluding tert-OH is 1. The summed E-state index contributed by atoms with van der Waals surface area (Å²) < 4.78 is 5.93. The third kappa shape index (κ3) is 36.2. The van der Waals surface area contributed by atoms with Gasteiger partial charge in [-0.05, 0) is 64.2 Å². The smallest absolute Gasteiger partial charge is 0.306 e. The zero-order valence-electron chi connectivity index (χ0n) is 32.8. The topological polar surface area (TPSA) is 46.5 Å². The third-order valence-corrected chi connectivity index (χ3v) is 10.1. The molecular formula is C45H86O3. The molecule has 0 aromatic heterocycles. The van der Waals surface area contributed by atoms with Crippen LogP contribution >= 0.6 is 0 Å². The highest BCUT2D eigenvalue weighted by molar-refractivity contribution is 5.69. The lowest BCUT2D eigenvalue weighted by Gasteiger charge is -2.23. The first kappa shape index (κ1) is 46.9. The highest BCUT2D eigenvalue weighted by Crippen LogP contribution is 2.20. The minimum Gasteiger partial charge on any atom is -0.460 e. The van der Waals surface area contributed by atoms with E-state index in [2.05, 4.69) is 32.6 Å². The van der Waals surface area contributed by atoms with E-state index in [0.29, 0.717) is 6.42 Å². The molecule has 0 saturated heterocycles. The highest BCUT2D eigenvalue weighted by Gasteiger charge is 2.22. The van der Waals surface area contributed by atoms with Crippen LogP contribution in [-0.2, 0) is 9.53 Å². The van der Waals surface area contributed by atoms with Gasteiger partial charge in [-0.2, -0.15) is 0 Å². The molecule has 0 aliphatic carbocycles. The number of aliphatic hydroxyl groups is 1. The summed E-state index contributed by atoms with van der Waals surface area (Å²) in [5.74, 6) is -0.102. The van der Waals surface area contributed by atoms with Gasteiger partial charge in [-0.3, -0.25) is 4.79 Å². The first-order chi connectivity index (χ1) is 23.7. The average Bonchev–Trinajstić information content (AvgIpc) is 3.09. The minimum absolute atomic E-state index is 0.102. The molecule has 0 heterocycles. The number of unbranched alkanes of at least 4 members (excludes halogenated alkanes) is 29. The molecule has 0 bridgehead atoms. The monoisotopic (exact) mass is 675 g/mol. The Morgan fingerprint density at radius 3 is 1.29 bits per heavy atom. The summed E-state index contributed by atoms with van der Waals surface area (Å²) in [6.07, 6.45) is 49.9. The van der Waals surface area contributed by atoms with Gasteiger partial charge >= 0.3 is 5.97 Å². The van der Waals surface area contributed by atoms with Crippen LogP contribution in [0.25, 0.3) is 0 Å². The average molecular weight is 675 g/mol. The van der Waals surface area contributed by atoms with E-state index < -0.39 is 6.10 Å². The van der Waals surface area contributed by atoms with E-state index in [1.165, 1.54) is 186 Å². The summed E-state index contributed by atoms with van der Waals surface area (Å²) >= 11 is 0. The van der Waals surface area contributed by atoms with E-state index in [0.717, 1.165) is 38.5 Å². The molecule has 284 valence electrons. The zero-order chi connectivity index (χ0) is 35.0. The molecule has 0 aliphatic rings. The van der Waals surface area contributed by atoms with Crippen LogP contribution < -0.4 is 0 Å². The maximum atomic E-state index is 12.7. The molecule has 0 saturated carbocycles. The van der Waals surface area contributed by atoms with Gasteiger partial charge in [0.2, 0.25) is 0 Å². The van der Waals surface area contributed by atoms with Crippen molar-refractivity contribution >= 4 is 5.97 Å². The number of allylic oxidation sites excluding steroid dienone is 3. The fraction of sp³-hybridized carbons (Fsp3) is 0.889. The molecule has 0 aromatic rings. The summed E-state index contributed by atoms with van der Waals surface area (Å²) in [6.45, 7) is 8.33. The lowest BCUT2D eigenvalue weighted by Crippen LogP contribution is -2.31. The molecule has 0 radical (unpaired) electrons. The standard InChI is InChI=1S/C45H86O3/c1-4-7-10-13-16-18-20-22-24-26-28-30-32-34-37-40-43(46)44(41-38-35-15-12-9-6-3)48-45(47)42-39-36-33-31-29-27-25-23-21-19-17-14-11-8-5-2/h4,23,25,43-44,46H,1,5-22,24,26-42H2,2-3H3/b25-23-. The second-order valence-corrected chi connectivity index (χ2v) is 14.9. The molecule has 0 amide bonds. The van der Waals surface area contributed by atoms with E-state index in [-0.39, 0.29) is 12.1 Å². The Hall–Kier alpha value is -1.09. The number of carbonyl (C=O) groups excluding carboxylic acids is 1. The van der Waals surface area contributed by atoms with Gasteiger partial charge in [0.05, 0.1) is 6.10 Å². The Morgan fingerprint density at radius 1 is 0.500 bits per heavy atom. The fourth-order valence-corrected chi connectivity index (χ4v) is 6.80. The Kier molecular flexibility index (Phi) is 39.4. The van der Waals surface area contributed by atoms with Gasteiger partial charge in [0.1, 0.15) is 6.10 Å². The Morgan fingerprint density at radius 2 is 0.854 bits per heavy atom. The second-order valence-electron chi connectivity index (χ2n) is 14.9. The summed E-state index contributed by atoms with van der Waals surface area (Å²) in [4.78, 5) is 12.7. The van der Waals surface area contributed by atoms with Crippen molar-refractivity contribution in [2.75, 3.05) is 0 Å². The van der Waals surface area contributed by atoms with E-state index in [4.69, 9.17) is 4.74 Å². The van der Waals surface area contributed by atoms with Crippen molar-refractivity contribution in [3.8, 4) is 0 Å². The van der Waals surface area contributed by atoms with Crippen molar-refractivity contribution in [1.82, 2.24) is 0 Å². The fourth-order valence-electron chi connectivity index (χ4n) is 6.80. The molecule has 0 aromatic carbocycles. The summed E-state index contributed by atoms with van der Waals surface area (Å²) in [5.41, 5.74) is 0.